The number of carbonyl (C=O) groups excluding carboxylic acids is 1. The van der Waals surface area contributed by atoms with Gasteiger partial charge in [-0.1, -0.05) is 6.08 Å². The van der Waals surface area contributed by atoms with E-state index >= 15 is 0 Å². The fourth-order valence-electron chi connectivity index (χ4n) is 5.96. The Kier molecular flexibility index (Phi) is 7.00. The predicted octanol–water partition coefficient (Wildman–Crippen LogP) is 4.63. The van der Waals surface area contributed by atoms with Crippen molar-refractivity contribution < 1.29 is 9.53 Å². The number of nitrogens with zero attached hydrogens (tertiary/aromatic N) is 7. The van der Waals surface area contributed by atoms with Gasteiger partial charge in [0.25, 0.3) is 0 Å². The highest BCUT2D eigenvalue weighted by Gasteiger charge is 2.26. The SMILES string of the molecule is Cc1cc(Nc2ncnn3ccc(C4CCN(C(=O)/C=C/[C@H]5CCCN5)CC4)c23)ccc1Oc1ccn2ncnc2c1. The van der Waals surface area contributed by atoms with Crippen LogP contribution in [0.3, 0.4) is 0 Å². The van der Waals surface area contributed by atoms with Gasteiger partial charge in [-0.25, -0.2) is 19.0 Å². The summed E-state index contributed by atoms with van der Waals surface area (Å²) in [5.74, 6) is 2.64. The number of pyridine rings is 1. The molecule has 2 aliphatic rings. The zero-order valence-corrected chi connectivity index (χ0v) is 23.5. The van der Waals surface area contributed by atoms with Crippen LogP contribution in [-0.2, 0) is 4.79 Å². The smallest absolute Gasteiger partial charge is 0.246 e. The fourth-order valence-corrected chi connectivity index (χ4v) is 5.96. The summed E-state index contributed by atoms with van der Waals surface area (Å²) in [4.78, 5) is 23.6. The van der Waals surface area contributed by atoms with E-state index in [4.69, 9.17) is 4.74 Å². The molecule has 6 heterocycles. The number of fused-ring (bicyclic) bond motifs is 2. The van der Waals surface area contributed by atoms with Gasteiger partial charge in [-0.05, 0) is 86.5 Å². The maximum absolute atomic E-state index is 12.8. The molecule has 5 aromatic rings. The lowest BCUT2D eigenvalue weighted by molar-refractivity contribution is -0.127. The lowest BCUT2D eigenvalue weighted by Crippen LogP contribution is -2.37. The molecular formula is C31H33N9O2. The second-order valence-electron chi connectivity index (χ2n) is 11.0. The summed E-state index contributed by atoms with van der Waals surface area (Å²) in [5, 5.41) is 15.5. The summed E-state index contributed by atoms with van der Waals surface area (Å²) in [6, 6.07) is 12.2. The van der Waals surface area contributed by atoms with Crippen molar-refractivity contribution in [3.05, 3.63) is 84.7 Å². The number of hydrogen-bond donors (Lipinski definition) is 2. The third-order valence-electron chi connectivity index (χ3n) is 8.22. The zero-order chi connectivity index (χ0) is 28.5. The van der Waals surface area contributed by atoms with Gasteiger partial charge in [0.1, 0.15) is 29.7 Å². The zero-order valence-electron chi connectivity index (χ0n) is 23.5. The number of carbonyl (C=O) groups is 1. The van der Waals surface area contributed by atoms with Crippen molar-refractivity contribution >= 4 is 28.6 Å². The van der Waals surface area contributed by atoms with Gasteiger partial charge in [-0.15, -0.1) is 0 Å². The molecule has 0 spiro atoms. The Balaban J connectivity index is 1.05. The number of rotatable bonds is 7. The van der Waals surface area contributed by atoms with Gasteiger partial charge in [-0.2, -0.15) is 10.2 Å². The number of anilines is 2. The van der Waals surface area contributed by atoms with Crippen LogP contribution in [-0.4, -0.2) is 65.7 Å². The van der Waals surface area contributed by atoms with Gasteiger partial charge in [0, 0.05) is 49.4 Å². The number of hydrogen-bond acceptors (Lipinski definition) is 8. The molecular weight excluding hydrogens is 530 g/mol. The lowest BCUT2D eigenvalue weighted by atomic mass is 9.90. The first kappa shape index (κ1) is 26.1. The van der Waals surface area contributed by atoms with E-state index in [1.54, 1.807) is 16.9 Å². The second-order valence-corrected chi connectivity index (χ2v) is 11.0. The Bertz CT molecular complexity index is 1760. The first-order chi connectivity index (χ1) is 20.6. The van der Waals surface area contributed by atoms with Gasteiger partial charge in [0.15, 0.2) is 11.5 Å². The monoisotopic (exact) mass is 563 g/mol. The third-order valence-corrected chi connectivity index (χ3v) is 8.22. The second kappa shape index (κ2) is 11.2. The largest absolute Gasteiger partial charge is 0.457 e. The minimum absolute atomic E-state index is 0.108. The quantitative estimate of drug-likeness (QED) is 0.276. The van der Waals surface area contributed by atoms with Crippen LogP contribution in [0.1, 0.15) is 42.7 Å². The Morgan fingerprint density at radius 1 is 1.02 bits per heavy atom. The molecule has 1 aromatic carbocycles. The average Bonchev–Trinajstić information content (AvgIpc) is 3.79. The van der Waals surface area contributed by atoms with Crippen LogP contribution in [0.2, 0.25) is 0 Å². The van der Waals surface area contributed by atoms with Crippen LogP contribution in [0.15, 0.2) is 73.6 Å². The molecule has 0 aliphatic carbocycles. The standard InChI is InChI=1S/C31H33N9O2/c1-21-17-24(4-6-27(21)42-25-10-15-39-28(18-25)33-19-35-39)37-31-30-26(11-16-40(30)36-20-34-31)22-8-13-38(14-9-22)29(41)7-5-23-3-2-12-32-23/h4-7,10-11,15-20,22-23,32H,2-3,8-9,12-14H2,1H3,(H,34,36,37)/b7-5+/t23-/m1/s1. The highest BCUT2D eigenvalue weighted by molar-refractivity contribution is 5.87. The van der Waals surface area contributed by atoms with E-state index in [9.17, 15) is 4.79 Å². The minimum atomic E-state index is 0.108. The molecule has 1 atom stereocenters. The van der Waals surface area contributed by atoms with E-state index in [1.165, 1.54) is 18.3 Å². The number of piperidine rings is 1. The molecule has 214 valence electrons. The molecule has 1 amide bonds. The number of nitrogens with one attached hydrogen (secondary N) is 2. The predicted molar refractivity (Wildman–Crippen MR) is 159 cm³/mol. The maximum atomic E-state index is 12.8. The highest BCUT2D eigenvalue weighted by Crippen LogP contribution is 2.35. The van der Waals surface area contributed by atoms with E-state index in [-0.39, 0.29) is 5.91 Å². The summed E-state index contributed by atoms with van der Waals surface area (Å²) in [6.07, 6.45) is 14.8. The number of aryl methyl sites for hydroxylation is 1. The van der Waals surface area contributed by atoms with Gasteiger partial charge in [0.05, 0.1) is 0 Å². The van der Waals surface area contributed by atoms with Gasteiger partial charge < -0.3 is 20.3 Å². The van der Waals surface area contributed by atoms with Gasteiger partial charge in [-0.3, -0.25) is 4.79 Å². The minimum Gasteiger partial charge on any atom is -0.457 e. The number of aromatic nitrogens is 6. The number of benzene rings is 1. The first-order valence-corrected chi connectivity index (χ1v) is 14.5. The molecule has 0 unspecified atom stereocenters. The Hall–Kier alpha value is -4.77. The van der Waals surface area contributed by atoms with Crippen LogP contribution in [0, 0.1) is 6.92 Å². The first-order valence-electron chi connectivity index (χ1n) is 14.5. The Morgan fingerprint density at radius 3 is 2.69 bits per heavy atom. The number of amides is 1. The Labute approximate surface area is 243 Å². The highest BCUT2D eigenvalue weighted by atomic mass is 16.5. The third kappa shape index (κ3) is 5.30. The van der Waals surface area contributed by atoms with E-state index in [1.807, 2.05) is 65.1 Å². The van der Waals surface area contributed by atoms with Crippen molar-refractivity contribution in [3.63, 3.8) is 0 Å². The van der Waals surface area contributed by atoms with Crippen molar-refractivity contribution in [2.75, 3.05) is 25.0 Å². The molecule has 7 rings (SSSR count). The van der Waals surface area contributed by atoms with Crippen LogP contribution in [0.5, 0.6) is 11.5 Å². The Morgan fingerprint density at radius 2 is 1.86 bits per heavy atom. The maximum Gasteiger partial charge on any atom is 0.246 e. The lowest BCUT2D eigenvalue weighted by Gasteiger charge is -2.31. The normalized spacial score (nSPS) is 17.9. The van der Waals surface area contributed by atoms with E-state index < -0.39 is 0 Å². The van der Waals surface area contributed by atoms with Crippen molar-refractivity contribution in [1.29, 1.82) is 0 Å². The molecule has 2 N–H and O–H groups in total. The molecule has 2 fully saturated rings. The number of likely N-dealkylation sites (tertiary alicyclic amines) is 1. The van der Waals surface area contributed by atoms with Gasteiger partial charge in [0.2, 0.25) is 5.91 Å². The summed E-state index contributed by atoms with van der Waals surface area (Å²) in [6.45, 7) is 4.53. The summed E-state index contributed by atoms with van der Waals surface area (Å²) in [5.41, 5.74) is 4.79. The molecule has 0 bridgehead atoms. The molecule has 0 radical (unpaired) electrons. The molecule has 2 saturated heterocycles. The van der Waals surface area contributed by atoms with Crippen LogP contribution < -0.4 is 15.4 Å². The molecule has 11 nitrogen and oxygen atoms in total. The fraction of sp³-hybridized carbons (Fsp3) is 0.323. The topological polar surface area (TPSA) is 114 Å². The van der Waals surface area contributed by atoms with Crippen molar-refractivity contribution in [2.24, 2.45) is 0 Å². The molecule has 42 heavy (non-hydrogen) atoms. The van der Waals surface area contributed by atoms with Crippen LogP contribution >= 0.6 is 0 Å². The van der Waals surface area contributed by atoms with Crippen molar-refractivity contribution in [1.82, 2.24) is 39.4 Å². The van der Waals surface area contributed by atoms with E-state index in [2.05, 4.69) is 36.9 Å². The van der Waals surface area contributed by atoms with E-state index in [0.717, 1.165) is 72.9 Å². The summed E-state index contributed by atoms with van der Waals surface area (Å²) in [7, 11) is 0. The van der Waals surface area contributed by atoms with Crippen molar-refractivity contribution in [3.8, 4) is 11.5 Å². The average molecular weight is 564 g/mol. The molecule has 0 saturated carbocycles. The van der Waals surface area contributed by atoms with E-state index in [0.29, 0.717) is 17.7 Å². The van der Waals surface area contributed by atoms with Crippen LogP contribution in [0.25, 0.3) is 11.2 Å². The van der Waals surface area contributed by atoms with Gasteiger partial charge >= 0.3 is 0 Å². The molecule has 4 aromatic heterocycles. The van der Waals surface area contributed by atoms with Crippen LogP contribution in [0.4, 0.5) is 11.5 Å². The summed E-state index contributed by atoms with van der Waals surface area (Å²) < 4.78 is 9.72. The molecule has 11 heteroatoms. The summed E-state index contributed by atoms with van der Waals surface area (Å²) >= 11 is 0. The number of ether oxygens (including phenoxy) is 1. The van der Waals surface area contributed by atoms with Crippen molar-refractivity contribution in [2.45, 2.75) is 44.6 Å². The molecule has 2 aliphatic heterocycles.